The highest BCUT2D eigenvalue weighted by Crippen LogP contribution is 2.20. The highest BCUT2D eigenvalue weighted by Gasteiger charge is 2.04. The molecule has 1 heteroatoms. The third-order valence-corrected chi connectivity index (χ3v) is 2.15. The number of rotatable bonds is 1. The maximum Gasteiger partial charge on any atom is 0.0110 e. The van der Waals surface area contributed by atoms with Gasteiger partial charge in [0.05, 0.1) is 0 Å². The lowest BCUT2D eigenvalue weighted by atomic mass is 9.98. The molecule has 1 N–H and O–H groups in total. The summed E-state index contributed by atoms with van der Waals surface area (Å²) in [6, 6.07) is 0. The van der Waals surface area contributed by atoms with E-state index in [9.17, 15) is 0 Å². The second-order valence-electron chi connectivity index (χ2n) is 2.88. The van der Waals surface area contributed by atoms with E-state index in [1.165, 1.54) is 29.7 Å². The van der Waals surface area contributed by atoms with Gasteiger partial charge in [-0.2, -0.15) is 0 Å². The molecule has 0 spiro atoms. The van der Waals surface area contributed by atoms with Gasteiger partial charge in [-0.15, -0.1) is 0 Å². The summed E-state index contributed by atoms with van der Waals surface area (Å²) in [6.07, 6.45) is 4.64. The minimum Gasteiger partial charge on any atom is -0.391 e. The molecule has 0 bridgehead atoms. The highest BCUT2D eigenvalue weighted by molar-refractivity contribution is 5.30. The van der Waals surface area contributed by atoms with Crippen LogP contribution in [-0.2, 0) is 0 Å². The summed E-state index contributed by atoms with van der Waals surface area (Å²) in [4.78, 5) is 0. The third kappa shape index (κ3) is 1.41. The van der Waals surface area contributed by atoms with E-state index >= 15 is 0 Å². The molecule has 56 valence electrons. The molecule has 0 fully saturated rings. The average molecular weight is 137 g/mol. The van der Waals surface area contributed by atoms with E-state index in [0.717, 1.165) is 0 Å². The van der Waals surface area contributed by atoms with Gasteiger partial charge in [0, 0.05) is 12.7 Å². The number of nitrogens with one attached hydrogen (secondary N) is 1. The van der Waals surface area contributed by atoms with Crippen LogP contribution in [0.25, 0.3) is 0 Å². The van der Waals surface area contributed by atoms with Crippen molar-refractivity contribution >= 4 is 0 Å². The number of hydrogen-bond acceptors (Lipinski definition) is 1. The van der Waals surface area contributed by atoms with Gasteiger partial charge >= 0.3 is 0 Å². The van der Waals surface area contributed by atoms with Crippen LogP contribution in [0.2, 0.25) is 0 Å². The van der Waals surface area contributed by atoms with Crippen molar-refractivity contribution in [3.63, 3.8) is 0 Å². The van der Waals surface area contributed by atoms with Crippen LogP contribution in [0.3, 0.4) is 0 Å². The van der Waals surface area contributed by atoms with Gasteiger partial charge in [0.25, 0.3) is 0 Å². The molecule has 0 aromatic carbocycles. The fraction of sp³-hybridized carbons (Fsp3) is 0.556. The molecule has 0 aromatic heterocycles. The first-order valence-electron chi connectivity index (χ1n) is 3.78. The van der Waals surface area contributed by atoms with E-state index < -0.39 is 0 Å². The SMILES string of the molecule is CNC1=CC(C)=C(C)CC1. The molecule has 0 atom stereocenters. The van der Waals surface area contributed by atoms with Gasteiger partial charge in [0.1, 0.15) is 0 Å². The van der Waals surface area contributed by atoms with E-state index in [1.807, 2.05) is 7.05 Å². The minimum atomic E-state index is 1.18. The lowest BCUT2D eigenvalue weighted by Crippen LogP contribution is -2.09. The lowest BCUT2D eigenvalue weighted by Gasteiger charge is -2.14. The van der Waals surface area contributed by atoms with Crippen LogP contribution in [0.1, 0.15) is 26.7 Å². The van der Waals surface area contributed by atoms with E-state index in [2.05, 4.69) is 25.2 Å². The van der Waals surface area contributed by atoms with Crippen LogP contribution < -0.4 is 5.32 Å². The Kier molecular flexibility index (Phi) is 2.15. The van der Waals surface area contributed by atoms with Crippen molar-refractivity contribution in [2.75, 3.05) is 7.05 Å². The van der Waals surface area contributed by atoms with Gasteiger partial charge in [-0.25, -0.2) is 0 Å². The van der Waals surface area contributed by atoms with Crippen LogP contribution in [-0.4, -0.2) is 7.05 Å². The second kappa shape index (κ2) is 2.91. The molecule has 10 heavy (non-hydrogen) atoms. The van der Waals surface area contributed by atoms with Gasteiger partial charge in [-0.05, 0) is 32.8 Å². The molecule has 1 rings (SSSR count). The summed E-state index contributed by atoms with van der Waals surface area (Å²) in [6.45, 7) is 4.38. The maximum atomic E-state index is 3.18. The Balaban J connectivity index is 2.76. The van der Waals surface area contributed by atoms with Crippen LogP contribution >= 0.6 is 0 Å². The number of hydrogen-bond donors (Lipinski definition) is 1. The maximum absolute atomic E-state index is 3.18. The molecule has 1 aliphatic carbocycles. The largest absolute Gasteiger partial charge is 0.391 e. The van der Waals surface area contributed by atoms with Crippen molar-refractivity contribution < 1.29 is 0 Å². The monoisotopic (exact) mass is 137 g/mol. The summed E-state index contributed by atoms with van der Waals surface area (Å²) < 4.78 is 0. The fourth-order valence-corrected chi connectivity index (χ4v) is 1.17. The molecule has 0 unspecified atom stereocenters. The molecule has 0 radical (unpaired) electrons. The summed E-state index contributed by atoms with van der Waals surface area (Å²) in [5.74, 6) is 0. The molecule has 0 heterocycles. The summed E-state index contributed by atoms with van der Waals surface area (Å²) in [5, 5.41) is 3.18. The van der Waals surface area contributed by atoms with Gasteiger partial charge in [-0.3, -0.25) is 0 Å². The Hall–Kier alpha value is -0.720. The van der Waals surface area contributed by atoms with Crippen molar-refractivity contribution in [1.29, 1.82) is 0 Å². The molecule has 1 aliphatic rings. The van der Waals surface area contributed by atoms with E-state index in [0.29, 0.717) is 0 Å². The van der Waals surface area contributed by atoms with E-state index in [1.54, 1.807) is 0 Å². The zero-order valence-electron chi connectivity index (χ0n) is 6.99. The Morgan fingerprint density at radius 1 is 1.30 bits per heavy atom. The predicted octanol–water partition coefficient (Wildman–Crippen LogP) is 2.22. The van der Waals surface area contributed by atoms with Crippen molar-refractivity contribution in [2.24, 2.45) is 0 Å². The van der Waals surface area contributed by atoms with E-state index in [4.69, 9.17) is 0 Å². The zero-order chi connectivity index (χ0) is 7.56. The van der Waals surface area contributed by atoms with Gasteiger partial charge < -0.3 is 5.32 Å². The van der Waals surface area contributed by atoms with Crippen LogP contribution in [0.4, 0.5) is 0 Å². The van der Waals surface area contributed by atoms with Gasteiger partial charge in [0.15, 0.2) is 0 Å². The van der Waals surface area contributed by atoms with Crippen molar-refractivity contribution in [2.45, 2.75) is 26.7 Å². The predicted molar refractivity (Wildman–Crippen MR) is 44.8 cm³/mol. The normalized spacial score (nSPS) is 18.9. The lowest BCUT2D eigenvalue weighted by molar-refractivity contribution is 0.803. The fourth-order valence-electron chi connectivity index (χ4n) is 1.17. The molecule has 0 saturated heterocycles. The van der Waals surface area contributed by atoms with Crippen LogP contribution in [0.15, 0.2) is 22.9 Å². The molecule has 1 nitrogen and oxygen atoms in total. The molecule has 0 aromatic rings. The first kappa shape index (κ1) is 7.39. The van der Waals surface area contributed by atoms with Crippen molar-refractivity contribution in [1.82, 2.24) is 5.32 Å². The molecular weight excluding hydrogens is 122 g/mol. The molecule has 0 aliphatic heterocycles. The van der Waals surface area contributed by atoms with Crippen LogP contribution in [0.5, 0.6) is 0 Å². The first-order chi connectivity index (χ1) is 4.74. The van der Waals surface area contributed by atoms with Gasteiger partial charge in [0.2, 0.25) is 0 Å². The summed E-state index contributed by atoms with van der Waals surface area (Å²) >= 11 is 0. The van der Waals surface area contributed by atoms with Crippen LogP contribution in [0, 0.1) is 0 Å². The summed E-state index contributed by atoms with van der Waals surface area (Å²) in [5.41, 5.74) is 4.32. The van der Waals surface area contributed by atoms with E-state index in [-0.39, 0.29) is 0 Å². The first-order valence-corrected chi connectivity index (χ1v) is 3.78. The average Bonchev–Trinajstić information content (AvgIpc) is 1.95. The van der Waals surface area contributed by atoms with Crippen molar-refractivity contribution in [3.05, 3.63) is 22.9 Å². The zero-order valence-corrected chi connectivity index (χ0v) is 6.99. The Morgan fingerprint density at radius 2 is 2.00 bits per heavy atom. The Bertz CT molecular complexity index is 187. The smallest absolute Gasteiger partial charge is 0.0110 e. The molecule has 0 saturated carbocycles. The summed E-state index contributed by atoms with van der Waals surface area (Å²) in [7, 11) is 1.99. The topological polar surface area (TPSA) is 12.0 Å². The third-order valence-electron chi connectivity index (χ3n) is 2.15. The Morgan fingerprint density at radius 3 is 2.50 bits per heavy atom. The standard InChI is InChI=1S/C9H15N/c1-7-4-5-9(10-3)6-8(7)2/h6,10H,4-5H2,1-3H3. The molecular formula is C9H15N. The highest BCUT2D eigenvalue weighted by atomic mass is 14.8. The second-order valence-corrected chi connectivity index (χ2v) is 2.88. The van der Waals surface area contributed by atoms with Gasteiger partial charge in [-0.1, -0.05) is 11.1 Å². The number of allylic oxidation sites excluding steroid dienone is 4. The molecule has 0 amide bonds. The Labute approximate surface area is 62.8 Å². The van der Waals surface area contributed by atoms with Crippen molar-refractivity contribution in [3.8, 4) is 0 Å². The quantitative estimate of drug-likeness (QED) is 0.584. The minimum absolute atomic E-state index is 1.18.